The Hall–Kier alpha value is -2.60. The molecule has 1 amide bonds. The lowest BCUT2D eigenvalue weighted by molar-refractivity contribution is 0.102. The number of ether oxygens (including phenoxy) is 1. The van der Waals surface area contributed by atoms with Crippen LogP contribution in [-0.2, 0) is 0 Å². The first-order valence-electron chi connectivity index (χ1n) is 6.70. The molecule has 4 N–H and O–H groups in total. The minimum atomic E-state index is -0.297. The second-order valence-corrected chi connectivity index (χ2v) is 4.40. The van der Waals surface area contributed by atoms with Crippen molar-refractivity contribution in [3.8, 4) is 5.75 Å². The Morgan fingerprint density at radius 3 is 2.67 bits per heavy atom. The van der Waals surface area contributed by atoms with E-state index in [4.69, 9.17) is 10.6 Å². The predicted molar refractivity (Wildman–Crippen MR) is 82.2 cm³/mol. The Balaban J connectivity index is 2.01. The van der Waals surface area contributed by atoms with Crippen molar-refractivity contribution in [3.63, 3.8) is 0 Å². The van der Waals surface area contributed by atoms with Crippen LogP contribution in [0.5, 0.6) is 5.75 Å². The monoisotopic (exact) mass is 286 g/mol. The van der Waals surface area contributed by atoms with Gasteiger partial charge in [0.25, 0.3) is 5.91 Å². The summed E-state index contributed by atoms with van der Waals surface area (Å²) in [5.41, 5.74) is 4.07. The number of nitrogens with one attached hydrogen (secondary N) is 2. The van der Waals surface area contributed by atoms with Crippen LogP contribution in [0.2, 0.25) is 0 Å². The zero-order valence-corrected chi connectivity index (χ0v) is 11.8. The van der Waals surface area contributed by atoms with Crippen LogP contribution in [0.4, 0.5) is 11.4 Å². The van der Waals surface area contributed by atoms with Crippen LogP contribution in [0.1, 0.15) is 23.8 Å². The van der Waals surface area contributed by atoms with Crippen molar-refractivity contribution < 1.29 is 9.53 Å². The number of amides is 1. The summed E-state index contributed by atoms with van der Waals surface area (Å²) in [5, 5.41) is 2.77. The van der Waals surface area contributed by atoms with E-state index in [1.165, 1.54) is 6.20 Å². The van der Waals surface area contributed by atoms with Gasteiger partial charge in [0.2, 0.25) is 0 Å². The van der Waals surface area contributed by atoms with Gasteiger partial charge in [-0.15, -0.1) is 0 Å². The van der Waals surface area contributed by atoms with Crippen LogP contribution in [-0.4, -0.2) is 17.5 Å². The molecule has 1 aromatic carbocycles. The van der Waals surface area contributed by atoms with Crippen LogP contribution in [0.15, 0.2) is 42.6 Å². The van der Waals surface area contributed by atoms with Gasteiger partial charge in [-0.25, -0.2) is 0 Å². The van der Waals surface area contributed by atoms with E-state index in [0.29, 0.717) is 18.0 Å². The first kappa shape index (κ1) is 14.8. The minimum Gasteiger partial charge on any atom is -0.494 e. The molecule has 0 unspecified atom stereocenters. The quantitative estimate of drug-likeness (QED) is 0.560. The van der Waals surface area contributed by atoms with Crippen LogP contribution in [0, 0.1) is 0 Å². The van der Waals surface area contributed by atoms with Gasteiger partial charge in [0.15, 0.2) is 0 Å². The Morgan fingerprint density at radius 1 is 1.24 bits per heavy atom. The van der Waals surface area contributed by atoms with E-state index in [0.717, 1.165) is 12.2 Å². The molecule has 0 atom stereocenters. The first-order valence-corrected chi connectivity index (χ1v) is 6.70. The smallest absolute Gasteiger partial charge is 0.274 e. The Morgan fingerprint density at radius 2 is 2.00 bits per heavy atom. The van der Waals surface area contributed by atoms with Crippen LogP contribution >= 0.6 is 0 Å². The number of pyridine rings is 1. The van der Waals surface area contributed by atoms with Crippen molar-refractivity contribution in [1.29, 1.82) is 0 Å². The van der Waals surface area contributed by atoms with Crippen molar-refractivity contribution in [2.75, 3.05) is 17.3 Å². The van der Waals surface area contributed by atoms with Gasteiger partial charge >= 0.3 is 0 Å². The predicted octanol–water partition coefficient (Wildman–Crippen LogP) is 2.41. The van der Waals surface area contributed by atoms with E-state index < -0.39 is 0 Å². The molecule has 2 rings (SSSR count). The topological polar surface area (TPSA) is 89.3 Å². The van der Waals surface area contributed by atoms with E-state index in [2.05, 4.69) is 15.7 Å². The zero-order chi connectivity index (χ0) is 15.1. The summed E-state index contributed by atoms with van der Waals surface area (Å²) < 4.78 is 5.48. The summed E-state index contributed by atoms with van der Waals surface area (Å²) in [7, 11) is 0. The third-order valence-corrected chi connectivity index (χ3v) is 2.74. The molecule has 110 valence electrons. The molecule has 0 fully saturated rings. The average molecular weight is 286 g/mol. The first-order chi connectivity index (χ1) is 10.2. The SMILES string of the molecule is CCCOc1ccc(NC(=O)c2cc(NN)ccn2)cc1. The fourth-order valence-electron chi connectivity index (χ4n) is 1.69. The second kappa shape index (κ2) is 7.25. The number of nitrogen functional groups attached to an aromatic ring is 1. The van der Waals surface area contributed by atoms with Gasteiger partial charge in [0.1, 0.15) is 11.4 Å². The van der Waals surface area contributed by atoms with E-state index in [1.54, 1.807) is 24.3 Å². The molecule has 0 bridgehead atoms. The Bertz CT molecular complexity index is 599. The highest BCUT2D eigenvalue weighted by atomic mass is 16.5. The molecule has 0 aliphatic rings. The molecule has 6 heteroatoms. The average Bonchev–Trinajstić information content (AvgIpc) is 2.54. The van der Waals surface area contributed by atoms with Gasteiger partial charge < -0.3 is 15.5 Å². The molecule has 2 aromatic rings. The number of hydrogen-bond acceptors (Lipinski definition) is 5. The summed E-state index contributed by atoms with van der Waals surface area (Å²) in [6, 6.07) is 10.5. The third-order valence-electron chi connectivity index (χ3n) is 2.74. The lowest BCUT2D eigenvalue weighted by Crippen LogP contribution is -2.15. The molecule has 21 heavy (non-hydrogen) atoms. The second-order valence-electron chi connectivity index (χ2n) is 4.40. The molecule has 1 aromatic heterocycles. The maximum atomic E-state index is 12.1. The fraction of sp³-hybridized carbons (Fsp3) is 0.200. The van der Waals surface area contributed by atoms with E-state index in [9.17, 15) is 4.79 Å². The Kier molecular flexibility index (Phi) is 5.11. The molecule has 0 radical (unpaired) electrons. The number of hydrazine groups is 1. The fourth-order valence-corrected chi connectivity index (χ4v) is 1.69. The summed E-state index contributed by atoms with van der Waals surface area (Å²) in [6.45, 7) is 2.72. The van der Waals surface area contributed by atoms with E-state index in [-0.39, 0.29) is 11.6 Å². The maximum Gasteiger partial charge on any atom is 0.274 e. The summed E-state index contributed by atoms with van der Waals surface area (Å²) in [4.78, 5) is 16.1. The number of carbonyl (C=O) groups excluding carboxylic acids is 1. The van der Waals surface area contributed by atoms with Gasteiger partial charge in [0.05, 0.1) is 12.3 Å². The van der Waals surface area contributed by atoms with Gasteiger partial charge in [-0.3, -0.25) is 15.6 Å². The number of anilines is 2. The van der Waals surface area contributed by atoms with Gasteiger partial charge in [-0.1, -0.05) is 6.92 Å². The summed E-state index contributed by atoms with van der Waals surface area (Å²) in [5.74, 6) is 5.79. The van der Waals surface area contributed by atoms with Gasteiger partial charge in [0, 0.05) is 11.9 Å². The lowest BCUT2D eigenvalue weighted by Gasteiger charge is -2.08. The highest BCUT2D eigenvalue weighted by molar-refractivity contribution is 6.03. The van der Waals surface area contributed by atoms with Crippen molar-refractivity contribution >= 4 is 17.3 Å². The lowest BCUT2D eigenvalue weighted by atomic mass is 10.2. The van der Waals surface area contributed by atoms with Gasteiger partial charge in [-0.05, 0) is 42.8 Å². The number of hydrogen-bond donors (Lipinski definition) is 3. The molecule has 0 aliphatic carbocycles. The van der Waals surface area contributed by atoms with Crippen LogP contribution < -0.4 is 21.3 Å². The standard InChI is InChI=1S/C15H18N4O2/c1-2-9-21-13-5-3-11(4-6-13)18-15(20)14-10-12(19-16)7-8-17-14/h3-8,10H,2,9,16H2,1H3,(H,17,19)(H,18,20). The minimum absolute atomic E-state index is 0.289. The normalized spacial score (nSPS) is 10.0. The van der Waals surface area contributed by atoms with Crippen molar-refractivity contribution in [1.82, 2.24) is 4.98 Å². The highest BCUT2D eigenvalue weighted by Crippen LogP contribution is 2.17. The van der Waals surface area contributed by atoms with Crippen molar-refractivity contribution in [2.24, 2.45) is 5.84 Å². The highest BCUT2D eigenvalue weighted by Gasteiger charge is 2.08. The zero-order valence-electron chi connectivity index (χ0n) is 11.8. The van der Waals surface area contributed by atoms with Crippen molar-refractivity contribution in [2.45, 2.75) is 13.3 Å². The maximum absolute atomic E-state index is 12.1. The summed E-state index contributed by atoms with van der Waals surface area (Å²) in [6.07, 6.45) is 2.47. The summed E-state index contributed by atoms with van der Waals surface area (Å²) >= 11 is 0. The number of carbonyl (C=O) groups is 1. The van der Waals surface area contributed by atoms with Crippen LogP contribution in [0.3, 0.4) is 0 Å². The largest absolute Gasteiger partial charge is 0.494 e. The molecular formula is C15H18N4O2. The Labute approximate surface area is 123 Å². The van der Waals surface area contributed by atoms with Crippen LogP contribution in [0.25, 0.3) is 0 Å². The molecular weight excluding hydrogens is 268 g/mol. The molecule has 1 heterocycles. The molecule has 0 spiro atoms. The van der Waals surface area contributed by atoms with Crippen molar-refractivity contribution in [3.05, 3.63) is 48.3 Å². The number of benzene rings is 1. The molecule has 0 saturated heterocycles. The molecule has 0 saturated carbocycles. The number of nitrogens with zero attached hydrogens (tertiary/aromatic N) is 1. The molecule has 6 nitrogen and oxygen atoms in total. The number of rotatable bonds is 6. The third kappa shape index (κ3) is 4.19. The van der Waals surface area contributed by atoms with Gasteiger partial charge in [-0.2, -0.15) is 0 Å². The van der Waals surface area contributed by atoms with E-state index >= 15 is 0 Å². The van der Waals surface area contributed by atoms with E-state index in [1.807, 2.05) is 19.1 Å². The number of nitrogens with two attached hydrogens (primary N) is 1. The number of aromatic nitrogens is 1. The molecule has 0 aliphatic heterocycles.